The van der Waals surface area contributed by atoms with Crippen molar-refractivity contribution in [2.45, 2.75) is 91.4 Å². The van der Waals surface area contributed by atoms with E-state index in [1.165, 1.54) is 49.7 Å². The number of aliphatic carboxylic acids is 1. The van der Waals surface area contributed by atoms with Gasteiger partial charge in [0.15, 0.2) is 5.75 Å². The highest BCUT2D eigenvalue weighted by atomic mass is 19.4. The van der Waals surface area contributed by atoms with Crippen LogP contribution in [-0.2, 0) is 24.1 Å². The van der Waals surface area contributed by atoms with E-state index < -0.39 is 17.7 Å². The van der Waals surface area contributed by atoms with Crippen LogP contribution in [0.15, 0.2) is 60.9 Å². The maximum atomic E-state index is 13.8. The average Bonchev–Trinajstić information content (AvgIpc) is 3.56. The molecule has 248 valence electrons. The number of ether oxygens (including phenoxy) is 1. The highest BCUT2D eigenvalue weighted by Gasteiger charge is 2.31. The third-order valence-corrected chi connectivity index (χ3v) is 9.00. The van der Waals surface area contributed by atoms with Crippen molar-refractivity contribution >= 4 is 11.9 Å². The van der Waals surface area contributed by atoms with E-state index in [0.717, 1.165) is 39.4 Å². The fourth-order valence-corrected chi connectivity index (χ4v) is 6.40. The minimum atomic E-state index is -4.47. The van der Waals surface area contributed by atoms with Crippen LogP contribution in [0, 0.1) is 27.7 Å². The molecule has 5 rings (SSSR count). The maximum Gasteiger partial charge on any atom is 0.416 e. The normalized spacial score (nSPS) is 13.6. The van der Waals surface area contributed by atoms with Gasteiger partial charge in [-0.1, -0.05) is 54.8 Å². The number of anilines is 1. The summed E-state index contributed by atoms with van der Waals surface area (Å²) in [7, 11) is 0. The van der Waals surface area contributed by atoms with Crippen molar-refractivity contribution in [3.63, 3.8) is 0 Å². The Morgan fingerprint density at radius 3 is 2.28 bits per heavy atom. The Morgan fingerprint density at radius 1 is 0.894 bits per heavy atom. The van der Waals surface area contributed by atoms with Gasteiger partial charge in [0, 0.05) is 19.5 Å². The first kappa shape index (κ1) is 33.9. The zero-order valence-corrected chi connectivity index (χ0v) is 27.5. The van der Waals surface area contributed by atoms with E-state index in [9.17, 15) is 18.0 Å². The number of alkyl halides is 3. The van der Waals surface area contributed by atoms with Crippen molar-refractivity contribution in [2.24, 2.45) is 0 Å². The number of nitrogens with zero attached hydrogens (tertiary/aromatic N) is 3. The number of hydrogen-bond donors (Lipinski definition) is 1. The van der Waals surface area contributed by atoms with Gasteiger partial charge < -0.3 is 14.7 Å². The predicted octanol–water partition coefficient (Wildman–Crippen LogP) is 9.50. The molecule has 1 aromatic heterocycles. The van der Waals surface area contributed by atoms with E-state index in [1.54, 1.807) is 13.0 Å². The molecule has 0 atom stereocenters. The molecule has 0 spiro atoms. The summed E-state index contributed by atoms with van der Waals surface area (Å²) in [5.41, 5.74) is 8.41. The van der Waals surface area contributed by atoms with Gasteiger partial charge in [-0.05, 0) is 110 Å². The third-order valence-electron chi connectivity index (χ3n) is 9.00. The highest BCUT2D eigenvalue weighted by Crippen LogP contribution is 2.39. The molecule has 1 fully saturated rings. The summed E-state index contributed by atoms with van der Waals surface area (Å²) >= 11 is 0. The lowest BCUT2D eigenvalue weighted by atomic mass is 9.88. The minimum absolute atomic E-state index is 0.00946. The lowest BCUT2D eigenvalue weighted by molar-refractivity contribution is -0.138. The average molecular weight is 646 g/mol. The van der Waals surface area contributed by atoms with Gasteiger partial charge >= 0.3 is 12.1 Å². The Kier molecular flexibility index (Phi) is 10.5. The molecule has 4 aromatic rings. The van der Waals surface area contributed by atoms with Crippen LogP contribution in [0.5, 0.6) is 5.75 Å². The Morgan fingerprint density at radius 2 is 1.60 bits per heavy atom. The molecule has 0 unspecified atom stereocenters. The number of carboxylic acids is 1. The van der Waals surface area contributed by atoms with E-state index in [4.69, 9.17) is 9.84 Å². The van der Waals surface area contributed by atoms with Gasteiger partial charge in [-0.3, -0.25) is 4.79 Å². The summed E-state index contributed by atoms with van der Waals surface area (Å²) < 4.78 is 47.0. The lowest BCUT2D eigenvalue weighted by Gasteiger charge is -2.26. The topological polar surface area (TPSA) is 75.6 Å². The monoisotopic (exact) mass is 645 g/mol. The van der Waals surface area contributed by atoms with Gasteiger partial charge in [0.1, 0.15) is 0 Å². The van der Waals surface area contributed by atoms with E-state index >= 15 is 0 Å². The van der Waals surface area contributed by atoms with Crippen LogP contribution in [-0.4, -0.2) is 27.7 Å². The maximum absolute atomic E-state index is 13.8. The molecule has 1 aliphatic carbocycles. The van der Waals surface area contributed by atoms with Gasteiger partial charge in [-0.25, -0.2) is 9.97 Å². The van der Waals surface area contributed by atoms with Crippen LogP contribution in [0.1, 0.15) is 89.0 Å². The standard InChI is InChI=1S/C38H42F3N3O3/c1-24-14-28(18-32(15-24)38(39,40)41)22-44(37-42-20-33(21-43-37)47-13-7-10-36(45)46)23-31-16-26(3)27(4)17-35(31)34-19-30(12-11-25(34)2)29-8-5-6-9-29/h11-12,14-21,29H,5-10,13,22-23H2,1-4H3,(H,45,46). The fraction of sp³-hybridized carbons (Fsp3) is 0.395. The summed E-state index contributed by atoms with van der Waals surface area (Å²) in [4.78, 5) is 21.8. The van der Waals surface area contributed by atoms with E-state index in [2.05, 4.69) is 61.1 Å². The van der Waals surface area contributed by atoms with Gasteiger partial charge in [-0.2, -0.15) is 13.2 Å². The number of rotatable bonds is 12. The molecule has 0 aliphatic heterocycles. The second-order valence-electron chi connectivity index (χ2n) is 12.8. The SMILES string of the molecule is Cc1cc(CN(Cc2cc(C)c(C)cc2-c2cc(C3CCCC3)ccc2C)c2ncc(OCCCC(=O)O)cn2)cc(C(F)(F)F)c1. The van der Waals surface area contributed by atoms with Crippen LogP contribution >= 0.6 is 0 Å². The van der Waals surface area contributed by atoms with E-state index in [0.29, 0.717) is 41.7 Å². The van der Waals surface area contributed by atoms with Crippen molar-refractivity contribution in [3.05, 3.63) is 105 Å². The first-order valence-corrected chi connectivity index (χ1v) is 16.2. The second kappa shape index (κ2) is 14.6. The Balaban J connectivity index is 1.53. The second-order valence-corrected chi connectivity index (χ2v) is 12.8. The molecule has 0 radical (unpaired) electrons. The van der Waals surface area contributed by atoms with Crippen molar-refractivity contribution in [3.8, 4) is 16.9 Å². The first-order chi connectivity index (χ1) is 22.4. The summed E-state index contributed by atoms with van der Waals surface area (Å²) in [5.74, 6) is 0.397. The molecule has 0 amide bonds. The van der Waals surface area contributed by atoms with Crippen molar-refractivity contribution in [2.75, 3.05) is 11.5 Å². The van der Waals surface area contributed by atoms with Gasteiger partial charge in [0.2, 0.25) is 5.95 Å². The van der Waals surface area contributed by atoms with Gasteiger partial charge in [0.05, 0.1) is 24.6 Å². The Labute approximate surface area is 274 Å². The zero-order chi connectivity index (χ0) is 33.7. The van der Waals surface area contributed by atoms with Crippen molar-refractivity contribution in [1.82, 2.24) is 9.97 Å². The van der Waals surface area contributed by atoms with E-state index in [1.807, 2.05) is 4.90 Å². The quantitative estimate of drug-likeness (QED) is 0.155. The number of aryl methyl sites for hydroxylation is 4. The minimum Gasteiger partial charge on any atom is -0.490 e. The lowest BCUT2D eigenvalue weighted by Crippen LogP contribution is -2.25. The number of aromatic nitrogens is 2. The molecule has 0 saturated heterocycles. The molecule has 1 saturated carbocycles. The van der Waals surface area contributed by atoms with Crippen molar-refractivity contribution < 1.29 is 27.8 Å². The smallest absolute Gasteiger partial charge is 0.416 e. The molecular formula is C38H42F3N3O3. The molecule has 6 nitrogen and oxygen atoms in total. The summed E-state index contributed by atoms with van der Waals surface area (Å²) in [6, 6.07) is 15.3. The van der Waals surface area contributed by atoms with Crippen LogP contribution in [0.25, 0.3) is 11.1 Å². The largest absolute Gasteiger partial charge is 0.490 e. The molecule has 9 heteroatoms. The number of hydrogen-bond acceptors (Lipinski definition) is 5. The van der Waals surface area contributed by atoms with Gasteiger partial charge in [0.25, 0.3) is 0 Å². The highest BCUT2D eigenvalue weighted by molar-refractivity contribution is 5.73. The number of carbonyl (C=O) groups is 1. The molecule has 1 heterocycles. The predicted molar refractivity (Wildman–Crippen MR) is 178 cm³/mol. The number of benzene rings is 3. The third kappa shape index (κ3) is 8.70. The zero-order valence-electron chi connectivity index (χ0n) is 27.5. The number of halogens is 3. The summed E-state index contributed by atoms with van der Waals surface area (Å²) in [6.45, 7) is 8.66. The molecular weight excluding hydrogens is 603 g/mol. The molecule has 1 N–H and O–H groups in total. The van der Waals surface area contributed by atoms with Gasteiger partial charge in [-0.15, -0.1) is 0 Å². The molecule has 1 aliphatic rings. The number of carboxylic acid groups (broad SMARTS) is 1. The van der Waals surface area contributed by atoms with Crippen LogP contribution in [0.2, 0.25) is 0 Å². The van der Waals surface area contributed by atoms with E-state index in [-0.39, 0.29) is 19.6 Å². The Hall–Kier alpha value is -4.40. The van der Waals surface area contributed by atoms with Crippen LogP contribution < -0.4 is 9.64 Å². The summed E-state index contributed by atoms with van der Waals surface area (Å²) in [5, 5.41) is 8.88. The molecule has 47 heavy (non-hydrogen) atoms. The fourth-order valence-electron chi connectivity index (χ4n) is 6.40. The first-order valence-electron chi connectivity index (χ1n) is 16.2. The molecule has 3 aromatic carbocycles. The summed E-state index contributed by atoms with van der Waals surface area (Å²) in [6.07, 6.45) is 3.79. The molecule has 0 bridgehead atoms. The Bertz CT molecular complexity index is 1710. The van der Waals surface area contributed by atoms with Crippen LogP contribution in [0.3, 0.4) is 0 Å². The van der Waals surface area contributed by atoms with Crippen molar-refractivity contribution in [1.29, 1.82) is 0 Å². The van der Waals surface area contributed by atoms with Crippen LogP contribution in [0.4, 0.5) is 19.1 Å².